The molecular formula is C22H25NO4. The number of rotatable bonds is 7. The monoisotopic (exact) mass is 367 g/mol. The van der Waals surface area contributed by atoms with Crippen LogP contribution in [0, 0.1) is 0 Å². The molecule has 3 rings (SSSR count). The summed E-state index contributed by atoms with van der Waals surface area (Å²) in [5, 5.41) is 0. The molecule has 2 aromatic rings. The molecule has 0 bridgehead atoms. The van der Waals surface area contributed by atoms with Gasteiger partial charge in [0.25, 0.3) is 0 Å². The number of carbonyl (C=O) groups is 2. The summed E-state index contributed by atoms with van der Waals surface area (Å²) in [6, 6.07) is 17.7. The Balaban J connectivity index is 1.59. The highest BCUT2D eigenvalue weighted by atomic mass is 16.5. The van der Waals surface area contributed by atoms with Crippen molar-refractivity contribution in [1.29, 1.82) is 0 Å². The van der Waals surface area contributed by atoms with Crippen molar-refractivity contribution in [3.63, 3.8) is 0 Å². The predicted octanol–water partition coefficient (Wildman–Crippen LogP) is 3.28. The van der Waals surface area contributed by atoms with Crippen LogP contribution in [-0.2, 0) is 32.1 Å². The molecule has 0 saturated heterocycles. The van der Waals surface area contributed by atoms with Gasteiger partial charge in [-0.2, -0.15) is 0 Å². The van der Waals surface area contributed by atoms with Gasteiger partial charge in [-0.3, -0.25) is 14.5 Å². The van der Waals surface area contributed by atoms with Gasteiger partial charge >= 0.3 is 11.9 Å². The number of methoxy groups -OCH3 is 1. The van der Waals surface area contributed by atoms with E-state index in [2.05, 4.69) is 17.0 Å². The molecule has 27 heavy (non-hydrogen) atoms. The summed E-state index contributed by atoms with van der Waals surface area (Å²) in [6.45, 7) is 1.66. The van der Waals surface area contributed by atoms with Gasteiger partial charge in [-0.25, -0.2) is 0 Å². The Hall–Kier alpha value is -2.66. The standard InChI is InChI=1S/C22H25NO4/c1-26-22(25)15-20-19-10-6-5-9-18(19)11-13-23(20)14-12-21(24)27-16-17-7-3-2-4-8-17/h2-10,20H,11-16H2,1H3/t20-/m1/s1. The zero-order chi connectivity index (χ0) is 19.1. The molecule has 1 aliphatic rings. The molecule has 0 saturated carbocycles. The quantitative estimate of drug-likeness (QED) is 0.703. The average molecular weight is 367 g/mol. The first kappa shape index (κ1) is 19.1. The number of carbonyl (C=O) groups excluding carboxylic acids is 2. The summed E-state index contributed by atoms with van der Waals surface area (Å²) in [5.41, 5.74) is 3.38. The van der Waals surface area contributed by atoms with Crippen LogP contribution in [0.3, 0.4) is 0 Å². The maximum absolute atomic E-state index is 12.1. The third kappa shape index (κ3) is 5.17. The van der Waals surface area contributed by atoms with E-state index in [0.717, 1.165) is 24.1 Å². The Kier molecular flexibility index (Phi) is 6.60. The Bertz CT molecular complexity index is 775. The molecule has 0 aliphatic carbocycles. The van der Waals surface area contributed by atoms with Gasteiger partial charge in [0.15, 0.2) is 0 Å². The van der Waals surface area contributed by atoms with Gasteiger partial charge in [0, 0.05) is 19.1 Å². The van der Waals surface area contributed by atoms with E-state index in [1.165, 1.54) is 12.7 Å². The lowest BCUT2D eigenvalue weighted by Gasteiger charge is -2.36. The van der Waals surface area contributed by atoms with Gasteiger partial charge in [0.2, 0.25) is 0 Å². The van der Waals surface area contributed by atoms with Crippen LogP contribution in [0.5, 0.6) is 0 Å². The average Bonchev–Trinajstić information content (AvgIpc) is 2.72. The molecule has 0 fully saturated rings. The van der Waals surface area contributed by atoms with Crippen molar-refractivity contribution in [2.75, 3.05) is 20.2 Å². The molecule has 0 N–H and O–H groups in total. The number of esters is 2. The minimum absolute atomic E-state index is 0.0654. The van der Waals surface area contributed by atoms with Crippen molar-refractivity contribution in [2.45, 2.75) is 31.9 Å². The molecule has 1 aliphatic heterocycles. The van der Waals surface area contributed by atoms with E-state index >= 15 is 0 Å². The van der Waals surface area contributed by atoms with Crippen molar-refractivity contribution in [1.82, 2.24) is 4.90 Å². The van der Waals surface area contributed by atoms with Crippen molar-refractivity contribution >= 4 is 11.9 Å². The van der Waals surface area contributed by atoms with Crippen LogP contribution in [0.2, 0.25) is 0 Å². The Labute approximate surface area is 159 Å². The van der Waals surface area contributed by atoms with E-state index in [9.17, 15) is 9.59 Å². The predicted molar refractivity (Wildman–Crippen MR) is 102 cm³/mol. The number of ether oxygens (including phenoxy) is 2. The summed E-state index contributed by atoms with van der Waals surface area (Å²) in [7, 11) is 1.41. The number of hydrogen-bond acceptors (Lipinski definition) is 5. The minimum Gasteiger partial charge on any atom is -0.469 e. The molecule has 0 radical (unpaired) electrons. The SMILES string of the molecule is COC(=O)C[C@@H]1c2ccccc2CCN1CCC(=O)OCc1ccccc1. The van der Waals surface area contributed by atoms with Gasteiger partial charge in [0.1, 0.15) is 6.61 Å². The number of nitrogens with zero attached hydrogens (tertiary/aromatic N) is 1. The summed E-state index contributed by atoms with van der Waals surface area (Å²) < 4.78 is 10.2. The number of fused-ring (bicyclic) bond motifs is 1. The van der Waals surface area contributed by atoms with Crippen LogP contribution in [0.25, 0.3) is 0 Å². The van der Waals surface area contributed by atoms with Crippen LogP contribution in [-0.4, -0.2) is 37.0 Å². The second kappa shape index (κ2) is 9.33. The highest BCUT2D eigenvalue weighted by Crippen LogP contribution is 2.32. The van der Waals surface area contributed by atoms with Crippen LogP contribution in [0.1, 0.15) is 35.6 Å². The van der Waals surface area contributed by atoms with Crippen molar-refractivity contribution in [3.8, 4) is 0 Å². The lowest BCUT2D eigenvalue weighted by molar-refractivity contribution is -0.145. The smallest absolute Gasteiger partial charge is 0.307 e. The van der Waals surface area contributed by atoms with Crippen molar-refractivity contribution in [2.24, 2.45) is 0 Å². The van der Waals surface area contributed by atoms with E-state index < -0.39 is 0 Å². The summed E-state index contributed by atoms with van der Waals surface area (Å²) in [5.74, 6) is -0.470. The molecule has 5 heteroatoms. The minimum atomic E-state index is -0.242. The van der Waals surface area contributed by atoms with E-state index in [1.807, 2.05) is 42.5 Å². The van der Waals surface area contributed by atoms with Crippen LogP contribution < -0.4 is 0 Å². The molecular weight excluding hydrogens is 342 g/mol. The largest absolute Gasteiger partial charge is 0.469 e. The molecule has 0 aromatic heterocycles. The summed E-state index contributed by atoms with van der Waals surface area (Å²) >= 11 is 0. The molecule has 0 unspecified atom stereocenters. The van der Waals surface area contributed by atoms with Crippen molar-refractivity contribution in [3.05, 3.63) is 71.3 Å². The van der Waals surface area contributed by atoms with E-state index in [1.54, 1.807) is 0 Å². The fraction of sp³-hybridized carbons (Fsp3) is 0.364. The van der Waals surface area contributed by atoms with Gasteiger partial charge in [-0.1, -0.05) is 54.6 Å². The van der Waals surface area contributed by atoms with Crippen LogP contribution in [0.4, 0.5) is 0 Å². The summed E-state index contributed by atoms with van der Waals surface area (Å²) in [6.07, 6.45) is 1.49. The first-order valence-electron chi connectivity index (χ1n) is 9.25. The lowest BCUT2D eigenvalue weighted by atomic mass is 9.90. The van der Waals surface area contributed by atoms with Gasteiger partial charge < -0.3 is 9.47 Å². The first-order valence-corrected chi connectivity index (χ1v) is 9.25. The van der Waals surface area contributed by atoms with Crippen LogP contribution in [0.15, 0.2) is 54.6 Å². The van der Waals surface area contributed by atoms with E-state index in [4.69, 9.17) is 9.47 Å². The molecule has 5 nitrogen and oxygen atoms in total. The third-order valence-electron chi connectivity index (χ3n) is 4.96. The fourth-order valence-electron chi connectivity index (χ4n) is 3.50. The van der Waals surface area contributed by atoms with Gasteiger partial charge in [0.05, 0.1) is 20.0 Å². The molecule has 1 atom stereocenters. The molecule has 0 amide bonds. The van der Waals surface area contributed by atoms with Gasteiger partial charge in [-0.05, 0) is 23.1 Å². The highest BCUT2D eigenvalue weighted by Gasteiger charge is 2.29. The second-order valence-electron chi connectivity index (χ2n) is 6.68. The Morgan fingerprint density at radius 2 is 1.78 bits per heavy atom. The number of hydrogen-bond donors (Lipinski definition) is 0. The Morgan fingerprint density at radius 1 is 1.04 bits per heavy atom. The van der Waals surface area contributed by atoms with Crippen molar-refractivity contribution < 1.29 is 19.1 Å². The van der Waals surface area contributed by atoms with Gasteiger partial charge in [-0.15, -0.1) is 0 Å². The first-order chi connectivity index (χ1) is 13.2. The number of benzene rings is 2. The van der Waals surface area contributed by atoms with E-state index in [0.29, 0.717) is 13.0 Å². The maximum Gasteiger partial charge on any atom is 0.307 e. The zero-order valence-corrected chi connectivity index (χ0v) is 15.6. The zero-order valence-electron chi connectivity index (χ0n) is 15.6. The Morgan fingerprint density at radius 3 is 2.56 bits per heavy atom. The molecule has 0 spiro atoms. The fourth-order valence-corrected chi connectivity index (χ4v) is 3.50. The molecule has 2 aromatic carbocycles. The maximum atomic E-state index is 12.1. The van der Waals surface area contributed by atoms with Crippen LogP contribution >= 0.6 is 0 Å². The summed E-state index contributed by atoms with van der Waals surface area (Å²) in [4.78, 5) is 26.2. The van der Waals surface area contributed by atoms with E-state index in [-0.39, 0.29) is 31.0 Å². The normalized spacial score (nSPS) is 16.4. The topological polar surface area (TPSA) is 55.8 Å². The highest BCUT2D eigenvalue weighted by molar-refractivity contribution is 5.71. The second-order valence-corrected chi connectivity index (χ2v) is 6.68. The molecule has 142 valence electrons. The lowest BCUT2D eigenvalue weighted by Crippen LogP contribution is -2.38. The third-order valence-corrected chi connectivity index (χ3v) is 4.96. The molecule has 1 heterocycles.